The van der Waals surface area contributed by atoms with Crippen LogP contribution in [0.2, 0.25) is 0 Å². The Labute approximate surface area is 129 Å². The van der Waals surface area contributed by atoms with E-state index in [1.165, 1.54) is 55.8 Å². The van der Waals surface area contributed by atoms with Gasteiger partial charge in [0.1, 0.15) is 0 Å². The topological polar surface area (TPSA) is 18.5 Å². The fourth-order valence-electron chi connectivity index (χ4n) is 3.16. The van der Waals surface area contributed by atoms with Crippen LogP contribution >= 0.6 is 0 Å². The van der Waals surface area contributed by atoms with Crippen molar-refractivity contribution < 1.29 is 0 Å². The number of hydrogen-bond acceptors (Lipinski definition) is 3. The first-order valence-electron chi connectivity index (χ1n) is 8.48. The minimum absolute atomic E-state index is 0.992. The Kier molecular flexibility index (Phi) is 4.81. The molecule has 0 atom stereocenters. The number of aryl methyl sites for hydroxylation is 1. The van der Waals surface area contributed by atoms with E-state index in [1.54, 1.807) is 0 Å². The minimum Gasteiger partial charge on any atom is -0.369 e. The van der Waals surface area contributed by atoms with Gasteiger partial charge in [0, 0.05) is 45.0 Å². The highest BCUT2D eigenvalue weighted by molar-refractivity contribution is 5.56. The van der Waals surface area contributed by atoms with Crippen molar-refractivity contribution in [1.82, 2.24) is 10.2 Å². The van der Waals surface area contributed by atoms with Crippen molar-refractivity contribution in [3.05, 3.63) is 29.3 Å². The number of piperazine rings is 1. The van der Waals surface area contributed by atoms with Gasteiger partial charge in [-0.05, 0) is 56.3 Å². The monoisotopic (exact) mass is 287 g/mol. The van der Waals surface area contributed by atoms with E-state index in [1.807, 2.05) is 0 Å². The molecule has 116 valence electrons. The average molecular weight is 287 g/mol. The van der Waals surface area contributed by atoms with Gasteiger partial charge in [-0.1, -0.05) is 12.1 Å². The molecule has 2 aliphatic rings. The van der Waals surface area contributed by atoms with Gasteiger partial charge in [0.25, 0.3) is 0 Å². The van der Waals surface area contributed by atoms with E-state index in [9.17, 15) is 0 Å². The Hall–Kier alpha value is -1.06. The molecule has 21 heavy (non-hydrogen) atoms. The first-order valence-corrected chi connectivity index (χ1v) is 8.48. The number of nitrogens with zero attached hydrogens (tertiary/aromatic N) is 2. The highest BCUT2D eigenvalue weighted by atomic mass is 15.3. The summed E-state index contributed by atoms with van der Waals surface area (Å²) in [5, 5.41) is 3.60. The van der Waals surface area contributed by atoms with Gasteiger partial charge in [0.05, 0.1) is 0 Å². The van der Waals surface area contributed by atoms with Crippen LogP contribution in [0.3, 0.4) is 0 Å². The minimum atomic E-state index is 0.992. The van der Waals surface area contributed by atoms with Crippen molar-refractivity contribution in [2.45, 2.75) is 26.7 Å². The molecule has 1 saturated heterocycles. The van der Waals surface area contributed by atoms with Crippen LogP contribution in [0.4, 0.5) is 5.69 Å². The number of benzene rings is 1. The molecule has 2 fully saturated rings. The fourth-order valence-corrected chi connectivity index (χ4v) is 3.16. The molecule has 3 rings (SSSR count). The number of rotatable bonds is 6. The van der Waals surface area contributed by atoms with E-state index >= 15 is 0 Å². The molecule has 0 amide bonds. The van der Waals surface area contributed by atoms with Crippen LogP contribution in [-0.4, -0.2) is 50.7 Å². The lowest BCUT2D eigenvalue weighted by molar-refractivity contribution is 0.257. The van der Waals surface area contributed by atoms with Gasteiger partial charge in [-0.15, -0.1) is 0 Å². The van der Waals surface area contributed by atoms with Crippen molar-refractivity contribution in [1.29, 1.82) is 0 Å². The van der Waals surface area contributed by atoms with Crippen LogP contribution in [-0.2, 0) is 0 Å². The molecule has 0 aromatic heterocycles. The summed E-state index contributed by atoms with van der Waals surface area (Å²) in [7, 11) is 0. The van der Waals surface area contributed by atoms with Crippen LogP contribution in [0.25, 0.3) is 0 Å². The summed E-state index contributed by atoms with van der Waals surface area (Å²) in [5.41, 5.74) is 4.28. The maximum Gasteiger partial charge on any atom is 0.0399 e. The lowest BCUT2D eigenvalue weighted by Crippen LogP contribution is -2.48. The zero-order valence-electron chi connectivity index (χ0n) is 13.6. The van der Waals surface area contributed by atoms with E-state index in [4.69, 9.17) is 0 Å². The van der Waals surface area contributed by atoms with Crippen LogP contribution in [0.15, 0.2) is 18.2 Å². The zero-order valence-corrected chi connectivity index (χ0v) is 13.6. The largest absolute Gasteiger partial charge is 0.369 e. The molecule has 3 nitrogen and oxygen atoms in total. The van der Waals surface area contributed by atoms with Gasteiger partial charge in [-0.25, -0.2) is 0 Å². The molecule has 0 unspecified atom stereocenters. The quantitative estimate of drug-likeness (QED) is 0.811. The molecule has 1 saturated carbocycles. The molecule has 1 aromatic carbocycles. The molecule has 1 N–H and O–H groups in total. The van der Waals surface area contributed by atoms with Crippen LogP contribution in [0, 0.1) is 19.8 Å². The molecule has 1 aromatic rings. The van der Waals surface area contributed by atoms with Gasteiger partial charge in [-0.3, -0.25) is 4.90 Å². The summed E-state index contributed by atoms with van der Waals surface area (Å²) in [4.78, 5) is 5.15. The van der Waals surface area contributed by atoms with Crippen molar-refractivity contribution in [2.75, 3.05) is 50.7 Å². The summed E-state index contributed by atoms with van der Waals surface area (Å²) >= 11 is 0. The van der Waals surface area contributed by atoms with E-state index in [-0.39, 0.29) is 0 Å². The Balaban J connectivity index is 1.42. The predicted octanol–water partition coefficient (Wildman–Crippen LogP) is 2.43. The Morgan fingerprint density at radius 3 is 2.57 bits per heavy atom. The maximum absolute atomic E-state index is 3.60. The summed E-state index contributed by atoms with van der Waals surface area (Å²) in [6.45, 7) is 12.8. The van der Waals surface area contributed by atoms with E-state index in [0.717, 1.165) is 25.6 Å². The molecule has 0 spiro atoms. The highest BCUT2D eigenvalue weighted by Crippen LogP contribution is 2.27. The van der Waals surface area contributed by atoms with Gasteiger partial charge >= 0.3 is 0 Å². The van der Waals surface area contributed by atoms with Crippen LogP contribution < -0.4 is 10.2 Å². The zero-order chi connectivity index (χ0) is 14.7. The Morgan fingerprint density at radius 2 is 1.86 bits per heavy atom. The lowest BCUT2D eigenvalue weighted by Gasteiger charge is -2.37. The van der Waals surface area contributed by atoms with Crippen molar-refractivity contribution in [3.63, 3.8) is 0 Å². The smallest absolute Gasteiger partial charge is 0.0399 e. The summed E-state index contributed by atoms with van der Waals surface area (Å²) < 4.78 is 0. The van der Waals surface area contributed by atoms with Crippen molar-refractivity contribution in [2.24, 2.45) is 5.92 Å². The van der Waals surface area contributed by atoms with Gasteiger partial charge in [0.15, 0.2) is 0 Å². The van der Waals surface area contributed by atoms with Crippen LogP contribution in [0.1, 0.15) is 24.0 Å². The average Bonchev–Trinajstić information content (AvgIpc) is 3.32. The molecule has 1 aliphatic heterocycles. The second-order valence-corrected chi connectivity index (χ2v) is 6.70. The Bertz CT molecular complexity index is 460. The number of anilines is 1. The summed E-state index contributed by atoms with van der Waals surface area (Å²) in [6.07, 6.45) is 2.89. The van der Waals surface area contributed by atoms with Crippen molar-refractivity contribution in [3.8, 4) is 0 Å². The third kappa shape index (κ3) is 3.98. The first kappa shape index (κ1) is 14.9. The number of hydrogen-bond donors (Lipinski definition) is 1. The second-order valence-electron chi connectivity index (χ2n) is 6.70. The normalized spacial score (nSPS) is 20.0. The van der Waals surface area contributed by atoms with E-state index < -0.39 is 0 Å². The van der Waals surface area contributed by atoms with Crippen molar-refractivity contribution >= 4 is 5.69 Å². The van der Waals surface area contributed by atoms with E-state index in [2.05, 4.69) is 47.2 Å². The van der Waals surface area contributed by atoms with Gasteiger partial charge in [0.2, 0.25) is 0 Å². The molecule has 1 aliphatic carbocycles. The molecule has 1 heterocycles. The highest BCUT2D eigenvalue weighted by Gasteiger charge is 2.21. The third-order valence-electron chi connectivity index (χ3n) is 5.02. The third-order valence-corrected chi connectivity index (χ3v) is 5.02. The van der Waals surface area contributed by atoms with Gasteiger partial charge in [-0.2, -0.15) is 0 Å². The predicted molar refractivity (Wildman–Crippen MR) is 90.2 cm³/mol. The molecule has 0 radical (unpaired) electrons. The van der Waals surface area contributed by atoms with Crippen LogP contribution in [0.5, 0.6) is 0 Å². The van der Waals surface area contributed by atoms with E-state index in [0.29, 0.717) is 0 Å². The summed E-state index contributed by atoms with van der Waals surface area (Å²) in [6, 6.07) is 6.67. The summed E-state index contributed by atoms with van der Waals surface area (Å²) in [5.74, 6) is 0.992. The molecular weight excluding hydrogens is 258 g/mol. The second kappa shape index (κ2) is 6.80. The number of nitrogens with one attached hydrogen (secondary N) is 1. The maximum atomic E-state index is 3.60. The SMILES string of the molecule is Cc1cccc(N2CCN(CCNCC3CC3)CC2)c1C. The molecule has 3 heteroatoms. The lowest BCUT2D eigenvalue weighted by atomic mass is 10.1. The molecule has 0 bridgehead atoms. The Morgan fingerprint density at radius 1 is 1.10 bits per heavy atom. The standard InChI is InChI=1S/C18H29N3/c1-15-4-3-5-18(16(15)2)21-12-10-20(11-13-21)9-8-19-14-17-6-7-17/h3-5,17,19H,6-14H2,1-2H3. The van der Waals surface area contributed by atoms with Gasteiger partial charge < -0.3 is 10.2 Å². The first-order chi connectivity index (χ1) is 10.2. The fraction of sp³-hybridized carbons (Fsp3) is 0.667. The molecular formula is C18H29N3.